The van der Waals surface area contributed by atoms with Gasteiger partial charge in [0.05, 0.1) is 0 Å². The van der Waals surface area contributed by atoms with Crippen molar-refractivity contribution in [1.29, 1.82) is 0 Å². The second kappa shape index (κ2) is 6.12. The van der Waals surface area contributed by atoms with Gasteiger partial charge in [0.15, 0.2) is 0 Å². The largest absolute Gasteiger partial charge is 0.253 e. The third-order valence-corrected chi connectivity index (χ3v) is 7.73. The van der Waals surface area contributed by atoms with E-state index in [0.717, 1.165) is 33.8 Å². The Morgan fingerprint density at radius 3 is 2.52 bits per heavy atom. The van der Waals surface area contributed by atoms with Crippen molar-refractivity contribution >= 4 is 37.3 Å². The van der Waals surface area contributed by atoms with E-state index in [1.165, 1.54) is 14.0 Å². The molecule has 0 aliphatic rings. The molecule has 1 heterocycles. The van der Waals surface area contributed by atoms with Gasteiger partial charge < -0.3 is 0 Å². The van der Waals surface area contributed by atoms with Crippen LogP contribution in [-0.2, 0) is 10.0 Å². The normalized spacial score (nSPS) is 13.6. The molecule has 0 amide bonds. The van der Waals surface area contributed by atoms with Gasteiger partial charge in [-0.15, -0.1) is 11.3 Å². The summed E-state index contributed by atoms with van der Waals surface area (Å²) >= 11 is 4.23. The van der Waals surface area contributed by atoms with Crippen molar-refractivity contribution in [3.05, 3.63) is 51.3 Å². The summed E-state index contributed by atoms with van der Waals surface area (Å²) in [5.74, 6) is -1.25. The zero-order chi connectivity index (χ0) is 15.8. The summed E-state index contributed by atoms with van der Waals surface area (Å²) in [5, 5.41) is 1.64. The van der Waals surface area contributed by atoms with Crippen LogP contribution in [0.4, 0.5) is 8.78 Å². The maximum Gasteiger partial charge on any atom is 0.253 e. The highest BCUT2D eigenvalue weighted by Gasteiger charge is 2.30. The summed E-state index contributed by atoms with van der Waals surface area (Å²) in [6.45, 7) is 1.51. The predicted molar refractivity (Wildman–Crippen MR) is 81.7 cm³/mol. The molecule has 1 aromatic carbocycles. The molecular formula is C13H12BrF2NO2S2. The molecule has 2 aromatic rings. The smallest absolute Gasteiger partial charge is 0.207 e. The summed E-state index contributed by atoms with van der Waals surface area (Å²) < 4.78 is 53.7. The van der Waals surface area contributed by atoms with Crippen LogP contribution < -0.4 is 0 Å². The van der Waals surface area contributed by atoms with E-state index in [2.05, 4.69) is 15.9 Å². The first-order chi connectivity index (χ1) is 9.75. The summed E-state index contributed by atoms with van der Waals surface area (Å²) in [6.07, 6.45) is 0. The number of benzene rings is 1. The van der Waals surface area contributed by atoms with Gasteiger partial charge in [-0.3, -0.25) is 0 Å². The molecule has 8 heteroatoms. The van der Waals surface area contributed by atoms with Gasteiger partial charge >= 0.3 is 0 Å². The molecule has 1 aromatic heterocycles. The average Bonchev–Trinajstić information content (AvgIpc) is 2.86. The Morgan fingerprint density at radius 2 is 1.95 bits per heavy atom. The highest BCUT2D eigenvalue weighted by Crippen LogP contribution is 2.34. The zero-order valence-electron chi connectivity index (χ0n) is 11.2. The van der Waals surface area contributed by atoms with Crippen molar-refractivity contribution in [1.82, 2.24) is 4.31 Å². The van der Waals surface area contributed by atoms with E-state index in [4.69, 9.17) is 0 Å². The van der Waals surface area contributed by atoms with Gasteiger partial charge in [-0.25, -0.2) is 17.2 Å². The van der Waals surface area contributed by atoms with Crippen molar-refractivity contribution in [2.45, 2.75) is 17.2 Å². The lowest BCUT2D eigenvalue weighted by atomic mass is 10.1. The van der Waals surface area contributed by atoms with E-state index in [1.807, 2.05) is 0 Å². The zero-order valence-corrected chi connectivity index (χ0v) is 14.4. The molecule has 114 valence electrons. The Bertz CT molecular complexity index is 761. The molecule has 0 spiro atoms. The molecule has 0 aliphatic carbocycles. The van der Waals surface area contributed by atoms with E-state index in [9.17, 15) is 17.2 Å². The first-order valence-electron chi connectivity index (χ1n) is 5.91. The Labute approximate surface area is 134 Å². The second-order valence-electron chi connectivity index (χ2n) is 4.42. The van der Waals surface area contributed by atoms with Crippen LogP contribution in [0.25, 0.3) is 0 Å². The first-order valence-corrected chi connectivity index (χ1v) is 9.02. The summed E-state index contributed by atoms with van der Waals surface area (Å²) in [6, 6.07) is 3.78. The minimum Gasteiger partial charge on any atom is -0.207 e. The highest BCUT2D eigenvalue weighted by molar-refractivity contribution is 9.10. The van der Waals surface area contributed by atoms with Gasteiger partial charge in [-0.05, 0) is 52.5 Å². The van der Waals surface area contributed by atoms with Crippen LogP contribution in [0.15, 0.2) is 38.3 Å². The van der Waals surface area contributed by atoms with Gasteiger partial charge in [0.25, 0.3) is 10.0 Å². The lowest BCUT2D eigenvalue weighted by Crippen LogP contribution is -2.30. The van der Waals surface area contributed by atoms with Gasteiger partial charge in [-0.1, -0.05) is 0 Å². The lowest BCUT2D eigenvalue weighted by Gasteiger charge is -2.24. The van der Waals surface area contributed by atoms with Gasteiger partial charge in [0, 0.05) is 23.1 Å². The maximum atomic E-state index is 13.8. The van der Waals surface area contributed by atoms with Gasteiger partial charge in [0.1, 0.15) is 15.8 Å². The van der Waals surface area contributed by atoms with E-state index in [0.29, 0.717) is 4.47 Å². The molecule has 0 aliphatic heterocycles. The third-order valence-electron chi connectivity index (χ3n) is 3.15. The molecule has 21 heavy (non-hydrogen) atoms. The fourth-order valence-corrected chi connectivity index (χ4v) is 5.65. The standard InChI is InChI=1S/C13H12BrF2NO2S2/c1-8(10-7-9(15)3-4-12(10)16)17(2)21(18,19)13-11(14)5-6-20-13/h3-8H,1-2H3. The van der Waals surface area contributed by atoms with Crippen molar-refractivity contribution in [2.75, 3.05) is 7.05 Å². The van der Waals surface area contributed by atoms with Crippen LogP contribution in [0, 0.1) is 11.6 Å². The van der Waals surface area contributed by atoms with E-state index in [1.54, 1.807) is 11.4 Å². The maximum absolute atomic E-state index is 13.8. The lowest BCUT2D eigenvalue weighted by molar-refractivity contribution is 0.386. The van der Waals surface area contributed by atoms with Gasteiger partial charge in [-0.2, -0.15) is 4.31 Å². The van der Waals surface area contributed by atoms with Gasteiger partial charge in [0.2, 0.25) is 0 Å². The molecule has 2 rings (SSSR count). The van der Waals surface area contributed by atoms with E-state index < -0.39 is 27.7 Å². The average molecular weight is 396 g/mol. The topological polar surface area (TPSA) is 37.4 Å². The number of nitrogens with zero attached hydrogens (tertiary/aromatic N) is 1. The molecule has 0 saturated carbocycles. The summed E-state index contributed by atoms with van der Waals surface area (Å²) in [5.41, 5.74) is -0.00578. The molecule has 0 bridgehead atoms. The fraction of sp³-hybridized carbons (Fsp3) is 0.231. The molecule has 3 nitrogen and oxygen atoms in total. The number of hydrogen-bond acceptors (Lipinski definition) is 3. The summed E-state index contributed by atoms with van der Waals surface area (Å²) in [7, 11) is -2.44. The SMILES string of the molecule is CC(c1cc(F)ccc1F)N(C)S(=O)(=O)c1sccc1Br. The van der Waals surface area contributed by atoms with Crippen molar-refractivity contribution in [2.24, 2.45) is 0 Å². The van der Waals surface area contributed by atoms with Crippen molar-refractivity contribution < 1.29 is 17.2 Å². The van der Waals surface area contributed by atoms with Crippen LogP contribution in [0.5, 0.6) is 0 Å². The van der Waals surface area contributed by atoms with Crippen LogP contribution in [0.1, 0.15) is 18.5 Å². The molecular weight excluding hydrogens is 384 g/mol. The fourth-order valence-electron chi connectivity index (χ4n) is 1.83. The Morgan fingerprint density at radius 1 is 1.29 bits per heavy atom. The number of hydrogen-bond donors (Lipinski definition) is 0. The van der Waals surface area contributed by atoms with E-state index >= 15 is 0 Å². The van der Waals surface area contributed by atoms with Crippen molar-refractivity contribution in [3.8, 4) is 0 Å². The molecule has 0 fully saturated rings. The van der Waals surface area contributed by atoms with Crippen LogP contribution >= 0.6 is 27.3 Å². The molecule has 0 radical (unpaired) electrons. The van der Waals surface area contributed by atoms with Crippen LogP contribution in [-0.4, -0.2) is 19.8 Å². The number of rotatable bonds is 4. The number of sulfonamides is 1. The minimum absolute atomic E-state index is 0.00578. The predicted octanol–water partition coefficient (Wildman–Crippen LogP) is 4.17. The first kappa shape index (κ1) is 16.5. The summed E-state index contributed by atoms with van der Waals surface area (Å²) in [4.78, 5) is 0. The third kappa shape index (κ3) is 3.18. The van der Waals surface area contributed by atoms with Crippen molar-refractivity contribution in [3.63, 3.8) is 0 Å². The van der Waals surface area contributed by atoms with Crippen LogP contribution in [0.2, 0.25) is 0 Å². The molecule has 0 N–H and O–H groups in total. The minimum atomic E-state index is -3.79. The molecule has 0 saturated heterocycles. The Balaban J connectivity index is 2.42. The number of thiophene rings is 1. The molecule has 1 unspecified atom stereocenters. The molecule has 1 atom stereocenters. The highest BCUT2D eigenvalue weighted by atomic mass is 79.9. The Kier molecular flexibility index (Phi) is 4.82. The van der Waals surface area contributed by atoms with E-state index in [-0.39, 0.29) is 9.77 Å². The van der Waals surface area contributed by atoms with Crippen LogP contribution in [0.3, 0.4) is 0 Å². The Hall–Kier alpha value is -0.830. The quantitative estimate of drug-likeness (QED) is 0.778. The second-order valence-corrected chi connectivity index (χ2v) is 8.38. The monoisotopic (exact) mass is 395 g/mol. The number of halogens is 3.